The quantitative estimate of drug-likeness (QED) is 0.116. The summed E-state index contributed by atoms with van der Waals surface area (Å²) in [5.74, 6) is -4.19. The van der Waals surface area contributed by atoms with Crippen molar-refractivity contribution in [1.82, 2.24) is 16.0 Å². The zero-order chi connectivity index (χ0) is 26.3. The zero-order valence-corrected chi connectivity index (χ0v) is 20.9. The Kier molecular flexibility index (Phi) is 15.9. The van der Waals surface area contributed by atoms with Crippen molar-refractivity contribution >= 4 is 41.4 Å². The number of hydrogen-bond acceptors (Lipinski definition) is 8. The number of amides is 3. The van der Waals surface area contributed by atoms with Gasteiger partial charge in [-0.05, 0) is 56.6 Å². The number of carboxylic acids is 2. The Bertz CT molecular complexity index is 692. The highest BCUT2D eigenvalue weighted by Gasteiger charge is 2.32. The van der Waals surface area contributed by atoms with Crippen molar-refractivity contribution in [1.29, 1.82) is 0 Å². The lowest BCUT2D eigenvalue weighted by Gasteiger charge is -2.27. The Labute approximate surface area is 204 Å². The number of rotatable bonds is 18. The van der Waals surface area contributed by atoms with Gasteiger partial charge in [0.25, 0.3) is 0 Å². The fourth-order valence-electron chi connectivity index (χ4n) is 2.99. The first-order chi connectivity index (χ1) is 15.9. The standard InChI is InChI=1S/C21H39N5O7S/c1-12(2)17(20(31)25-15(21(32)33)6-4-5-10-22)26-19(30)14(7-8-16(27)28)24-18(29)13(23)9-11-34-3/h12-15,17H,4-11,22-23H2,1-3H3,(H,24,29)(H,25,31)(H,26,30)(H,27,28)(H,32,33). The summed E-state index contributed by atoms with van der Waals surface area (Å²) in [6, 6.07) is -4.34. The molecule has 0 aromatic carbocycles. The van der Waals surface area contributed by atoms with Crippen LogP contribution in [0.1, 0.15) is 52.4 Å². The predicted octanol–water partition coefficient (Wildman–Crippen LogP) is -0.744. The molecule has 0 bridgehead atoms. The minimum atomic E-state index is -1.22. The van der Waals surface area contributed by atoms with Gasteiger partial charge in [0.05, 0.1) is 6.04 Å². The van der Waals surface area contributed by atoms with Crippen molar-refractivity contribution in [3.05, 3.63) is 0 Å². The van der Waals surface area contributed by atoms with E-state index < -0.39 is 59.7 Å². The predicted molar refractivity (Wildman–Crippen MR) is 129 cm³/mol. The molecule has 0 aliphatic rings. The van der Waals surface area contributed by atoms with Crippen molar-refractivity contribution < 1.29 is 34.2 Å². The lowest BCUT2D eigenvalue weighted by Crippen LogP contribution is -2.58. The van der Waals surface area contributed by atoms with Crippen LogP contribution in [0.3, 0.4) is 0 Å². The monoisotopic (exact) mass is 505 g/mol. The number of carbonyl (C=O) groups is 5. The maximum Gasteiger partial charge on any atom is 0.326 e. The largest absolute Gasteiger partial charge is 0.481 e. The molecule has 0 fully saturated rings. The van der Waals surface area contributed by atoms with E-state index in [9.17, 15) is 29.1 Å². The Hall–Kier alpha value is -2.38. The molecule has 12 nitrogen and oxygen atoms in total. The first-order valence-corrected chi connectivity index (χ1v) is 12.6. The van der Waals surface area contributed by atoms with Crippen LogP contribution in [0, 0.1) is 5.92 Å². The van der Waals surface area contributed by atoms with E-state index in [2.05, 4.69) is 16.0 Å². The first-order valence-electron chi connectivity index (χ1n) is 11.2. The second kappa shape index (κ2) is 17.1. The molecule has 34 heavy (non-hydrogen) atoms. The molecule has 0 aromatic heterocycles. The number of hydrogen-bond donors (Lipinski definition) is 7. The van der Waals surface area contributed by atoms with Crippen molar-refractivity contribution in [2.45, 2.75) is 76.5 Å². The molecule has 196 valence electrons. The number of unbranched alkanes of at least 4 members (excludes halogenated alkanes) is 1. The van der Waals surface area contributed by atoms with Gasteiger partial charge < -0.3 is 37.6 Å². The van der Waals surface area contributed by atoms with E-state index in [0.717, 1.165) is 0 Å². The van der Waals surface area contributed by atoms with E-state index in [1.165, 1.54) is 11.8 Å². The van der Waals surface area contributed by atoms with Crippen LogP contribution in [0.4, 0.5) is 0 Å². The molecule has 0 saturated heterocycles. The molecular formula is C21H39N5O7S. The summed E-state index contributed by atoms with van der Waals surface area (Å²) in [5, 5.41) is 25.8. The second-order valence-corrected chi connectivity index (χ2v) is 9.28. The van der Waals surface area contributed by atoms with Gasteiger partial charge in [-0.3, -0.25) is 19.2 Å². The van der Waals surface area contributed by atoms with Crippen molar-refractivity contribution in [3.63, 3.8) is 0 Å². The van der Waals surface area contributed by atoms with Gasteiger partial charge in [-0.2, -0.15) is 11.8 Å². The molecule has 0 aromatic rings. The first kappa shape index (κ1) is 31.6. The smallest absolute Gasteiger partial charge is 0.326 e. The Balaban J connectivity index is 5.38. The van der Waals surface area contributed by atoms with Gasteiger partial charge in [-0.25, -0.2) is 4.79 Å². The van der Waals surface area contributed by atoms with Crippen molar-refractivity contribution in [2.24, 2.45) is 17.4 Å². The molecule has 0 heterocycles. The van der Waals surface area contributed by atoms with E-state index in [1.54, 1.807) is 13.8 Å². The van der Waals surface area contributed by atoms with Gasteiger partial charge in [0.1, 0.15) is 18.1 Å². The average Bonchev–Trinajstić information content (AvgIpc) is 2.76. The molecule has 4 unspecified atom stereocenters. The number of nitrogens with one attached hydrogen (secondary N) is 3. The van der Waals surface area contributed by atoms with Crippen LogP contribution in [-0.2, 0) is 24.0 Å². The molecule has 0 rings (SSSR count). The number of carbonyl (C=O) groups excluding carboxylic acids is 3. The molecule has 0 spiro atoms. The number of nitrogens with two attached hydrogens (primary N) is 2. The molecule has 4 atom stereocenters. The van der Waals surface area contributed by atoms with Gasteiger partial charge in [-0.1, -0.05) is 13.8 Å². The maximum absolute atomic E-state index is 12.9. The number of thioether (sulfide) groups is 1. The summed E-state index contributed by atoms with van der Waals surface area (Å²) < 4.78 is 0. The molecule has 0 aliphatic carbocycles. The van der Waals surface area contributed by atoms with E-state index >= 15 is 0 Å². The Morgan fingerprint density at radius 1 is 0.853 bits per heavy atom. The van der Waals surface area contributed by atoms with Crippen LogP contribution in [0.2, 0.25) is 0 Å². The van der Waals surface area contributed by atoms with Crippen molar-refractivity contribution in [3.8, 4) is 0 Å². The minimum Gasteiger partial charge on any atom is -0.481 e. The summed E-state index contributed by atoms with van der Waals surface area (Å²) in [5.41, 5.74) is 11.3. The number of carboxylic acid groups (broad SMARTS) is 2. The molecule has 0 radical (unpaired) electrons. The van der Waals surface area contributed by atoms with E-state index in [4.69, 9.17) is 16.6 Å². The van der Waals surface area contributed by atoms with Gasteiger partial charge in [0.15, 0.2) is 0 Å². The topological polar surface area (TPSA) is 214 Å². The van der Waals surface area contributed by atoms with Crippen LogP contribution in [0.25, 0.3) is 0 Å². The summed E-state index contributed by atoms with van der Waals surface area (Å²) in [6.07, 6.45) is 2.93. The van der Waals surface area contributed by atoms with E-state index in [-0.39, 0.29) is 19.3 Å². The summed E-state index contributed by atoms with van der Waals surface area (Å²) >= 11 is 1.50. The summed E-state index contributed by atoms with van der Waals surface area (Å²) in [7, 11) is 0. The van der Waals surface area contributed by atoms with Crippen molar-refractivity contribution in [2.75, 3.05) is 18.6 Å². The molecule has 9 N–H and O–H groups in total. The number of aliphatic carboxylic acids is 2. The molecule has 3 amide bonds. The molecule has 0 saturated carbocycles. The van der Waals surface area contributed by atoms with Gasteiger partial charge >= 0.3 is 11.9 Å². The highest BCUT2D eigenvalue weighted by Crippen LogP contribution is 2.08. The van der Waals surface area contributed by atoms with Crippen LogP contribution in [0.5, 0.6) is 0 Å². The van der Waals surface area contributed by atoms with E-state index in [1.807, 2.05) is 6.26 Å². The van der Waals surface area contributed by atoms with Gasteiger partial charge in [0, 0.05) is 6.42 Å². The van der Waals surface area contributed by atoms with Crippen LogP contribution < -0.4 is 27.4 Å². The van der Waals surface area contributed by atoms with Gasteiger partial charge in [0.2, 0.25) is 17.7 Å². The lowest BCUT2D eigenvalue weighted by atomic mass is 10.0. The fourth-order valence-corrected chi connectivity index (χ4v) is 3.48. The van der Waals surface area contributed by atoms with E-state index in [0.29, 0.717) is 31.6 Å². The SMILES string of the molecule is CSCCC(N)C(=O)NC(CCC(=O)O)C(=O)NC(C(=O)NC(CCCCN)C(=O)O)C(C)C. The third-order valence-electron chi connectivity index (χ3n) is 5.06. The highest BCUT2D eigenvalue weighted by molar-refractivity contribution is 7.98. The minimum absolute atomic E-state index is 0.183. The zero-order valence-electron chi connectivity index (χ0n) is 20.0. The van der Waals surface area contributed by atoms with Crippen LogP contribution in [0.15, 0.2) is 0 Å². The fraction of sp³-hybridized carbons (Fsp3) is 0.762. The Morgan fingerprint density at radius 3 is 1.97 bits per heavy atom. The highest BCUT2D eigenvalue weighted by atomic mass is 32.2. The maximum atomic E-state index is 12.9. The van der Waals surface area contributed by atoms with Crippen LogP contribution in [-0.4, -0.2) is 82.6 Å². The molecule has 0 aliphatic heterocycles. The normalized spacial score (nSPS) is 14.5. The van der Waals surface area contributed by atoms with Crippen LogP contribution >= 0.6 is 11.8 Å². The summed E-state index contributed by atoms with van der Waals surface area (Å²) in [4.78, 5) is 60.6. The third kappa shape index (κ3) is 12.8. The summed E-state index contributed by atoms with van der Waals surface area (Å²) in [6.45, 7) is 3.73. The third-order valence-corrected chi connectivity index (χ3v) is 5.70. The molecule has 13 heteroatoms. The van der Waals surface area contributed by atoms with Gasteiger partial charge in [-0.15, -0.1) is 0 Å². The Morgan fingerprint density at radius 2 is 1.47 bits per heavy atom. The average molecular weight is 506 g/mol. The second-order valence-electron chi connectivity index (χ2n) is 8.30. The lowest BCUT2D eigenvalue weighted by molar-refractivity contribution is -0.142. The molecular weight excluding hydrogens is 466 g/mol.